The molecule has 3 rings (SSSR count). The molecule has 2 N–H and O–H groups in total. The van der Waals surface area contributed by atoms with Crippen LogP contribution in [0.1, 0.15) is 29.7 Å². The van der Waals surface area contributed by atoms with Crippen molar-refractivity contribution in [1.29, 1.82) is 5.26 Å². The first-order chi connectivity index (χ1) is 13.0. The van der Waals surface area contributed by atoms with E-state index in [4.69, 9.17) is 10.00 Å². The summed E-state index contributed by atoms with van der Waals surface area (Å²) in [5, 5.41) is 23.7. The molecule has 142 valence electrons. The SMILES string of the molecule is COC[C@@]1(O)CN[C@@H](C)CN1C(c1ccc(F)cc1)c1ccc(C#N)cc1. The third kappa shape index (κ3) is 4.18. The highest BCUT2D eigenvalue weighted by Gasteiger charge is 2.43. The molecule has 0 bridgehead atoms. The van der Waals surface area contributed by atoms with Crippen molar-refractivity contribution < 1.29 is 14.2 Å². The topological polar surface area (TPSA) is 68.5 Å². The van der Waals surface area contributed by atoms with E-state index in [-0.39, 0.29) is 24.5 Å². The van der Waals surface area contributed by atoms with Gasteiger partial charge in [0.15, 0.2) is 5.72 Å². The van der Waals surface area contributed by atoms with Gasteiger partial charge in [-0.2, -0.15) is 5.26 Å². The normalized spacial score (nSPS) is 24.3. The second-order valence-electron chi connectivity index (χ2n) is 7.04. The molecule has 0 saturated carbocycles. The van der Waals surface area contributed by atoms with Crippen molar-refractivity contribution in [2.24, 2.45) is 0 Å². The first-order valence-electron chi connectivity index (χ1n) is 8.94. The minimum Gasteiger partial charge on any atom is -0.380 e. The number of ether oxygens (including phenoxy) is 1. The summed E-state index contributed by atoms with van der Waals surface area (Å²) in [5.41, 5.74) is 1.14. The summed E-state index contributed by atoms with van der Waals surface area (Å²) in [6, 6.07) is 15.6. The van der Waals surface area contributed by atoms with Gasteiger partial charge in [-0.1, -0.05) is 24.3 Å². The Bertz CT molecular complexity index is 804. The Kier molecular flexibility index (Phi) is 5.88. The maximum Gasteiger partial charge on any atom is 0.155 e. The van der Waals surface area contributed by atoms with E-state index in [0.29, 0.717) is 18.7 Å². The van der Waals surface area contributed by atoms with Crippen molar-refractivity contribution >= 4 is 0 Å². The fourth-order valence-corrected chi connectivity index (χ4v) is 3.62. The number of piperazine rings is 1. The lowest BCUT2D eigenvalue weighted by molar-refractivity contribution is -0.173. The molecule has 1 unspecified atom stereocenters. The predicted molar refractivity (Wildman–Crippen MR) is 100 cm³/mol. The Labute approximate surface area is 159 Å². The van der Waals surface area contributed by atoms with E-state index in [1.54, 1.807) is 31.4 Å². The Morgan fingerprint density at radius 3 is 2.41 bits per heavy atom. The number of aliphatic hydroxyl groups is 1. The minimum atomic E-state index is -1.21. The van der Waals surface area contributed by atoms with Gasteiger partial charge in [0.1, 0.15) is 5.82 Å². The van der Waals surface area contributed by atoms with E-state index in [0.717, 1.165) is 11.1 Å². The maximum atomic E-state index is 13.5. The summed E-state index contributed by atoms with van der Waals surface area (Å²) >= 11 is 0. The van der Waals surface area contributed by atoms with Crippen molar-refractivity contribution in [3.05, 3.63) is 71.0 Å². The van der Waals surface area contributed by atoms with E-state index < -0.39 is 5.72 Å². The van der Waals surface area contributed by atoms with Gasteiger partial charge in [0.25, 0.3) is 0 Å². The number of nitriles is 1. The molecule has 0 spiro atoms. The number of nitrogens with zero attached hydrogens (tertiary/aromatic N) is 2. The molecule has 6 heteroatoms. The Hall–Kier alpha value is -2.30. The zero-order chi connectivity index (χ0) is 19.4. The standard InChI is InChI=1S/C21H24FN3O2/c1-15-12-25(21(26,13-24-15)14-27-2)20(18-7-9-19(22)10-8-18)17-5-3-16(11-23)4-6-17/h3-10,15,20,24,26H,12-14H2,1-2H3/t15-,20?,21-/m0/s1. The molecule has 1 fully saturated rings. The number of nitrogens with one attached hydrogen (secondary N) is 1. The van der Waals surface area contributed by atoms with Gasteiger partial charge >= 0.3 is 0 Å². The molecule has 1 aliphatic heterocycles. The molecule has 27 heavy (non-hydrogen) atoms. The first-order valence-corrected chi connectivity index (χ1v) is 8.94. The second kappa shape index (κ2) is 8.15. The van der Waals surface area contributed by atoms with E-state index in [1.165, 1.54) is 12.1 Å². The van der Waals surface area contributed by atoms with Gasteiger partial charge in [-0.05, 0) is 42.3 Å². The highest BCUT2D eigenvalue weighted by atomic mass is 19.1. The minimum absolute atomic E-state index is 0.140. The van der Waals surface area contributed by atoms with E-state index in [9.17, 15) is 9.50 Å². The average molecular weight is 369 g/mol. The zero-order valence-corrected chi connectivity index (χ0v) is 15.5. The van der Waals surface area contributed by atoms with Gasteiger partial charge in [0, 0.05) is 26.2 Å². The van der Waals surface area contributed by atoms with Crippen LogP contribution >= 0.6 is 0 Å². The van der Waals surface area contributed by atoms with Gasteiger partial charge in [-0.15, -0.1) is 0 Å². The largest absolute Gasteiger partial charge is 0.380 e. The molecule has 0 radical (unpaired) electrons. The van der Waals surface area contributed by atoms with Crippen LogP contribution in [0, 0.1) is 17.1 Å². The lowest BCUT2D eigenvalue weighted by atomic mass is 9.92. The number of benzene rings is 2. The third-order valence-corrected chi connectivity index (χ3v) is 4.97. The van der Waals surface area contributed by atoms with Crippen LogP contribution in [-0.4, -0.2) is 48.6 Å². The molecule has 3 atom stereocenters. The quantitative estimate of drug-likeness (QED) is 0.847. The maximum absolute atomic E-state index is 13.5. The molecular weight excluding hydrogens is 345 g/mol. The lowest BCUT2D eigenvalue weighted by Crippen LogP contribution is -2.66. The Morgan fingerprint density at radius 1 is 1.26 bits per heavy atom. The van der Waals surface area contributed by atoms with Gasteiger partial charge in [0.05, 0.1) is 24.3 Å². The Morgan fingerprint density at radius 2 is 1.85 bits per heavy atom. The first kappa shape index (κ1) is 19.5. The zero-order valence-electron chi connectivity index (χ0n) is 15.5. The molecule has 1 heterocycles. The lowest BCUT2D eigenvalue weighted by Gasteiger charge is -2.49. The van der Waals surface area contributed by atoms with E-state index in [1.807, 2.05) is 17.0 Å². The molecule has 1 aliphatic rings. The molecule has 1 saturated heterocycles. The summed E-state index contributed by atoms with van der Waals surface area (Å²) in [6.07, 6.45) is 0. The number of methoxy groups -OCH3 is 1. The average Bonchev–Trinajstić information content (AvgIpc) is 2.67. The van der Waals surface area contributed by atoms with Crippen LogP contribution in [0.2, 0.25) is 0 Å². The molecule has 0 aromatic heterocycles. The molecule has 5 nitrogen and oxygen atoms in total. The number of β-amino-alcohol motifs (C(OH)–C–C–N with tert-alkyl or cyclic N) is 1. The predicted octanol–water partition coefficient (Wildman–Crippen LogP) is 2.42. The van der Waals surface area contributed by atoms with Crippen molar-refractivity contribution in [3.63, 3.8) is 0 Å². The van der Waals surface area contributed by atoms with Crippen LogP contribution in [-0.2, 0) is 4.74 Å². The second-order valence-corrected chi connectivity index (χ2v) is 7.04. The number of rotatable bonds is 5. The number of halogens is 1. The van der Waals surface area contributed by atoms with Crippen LogP contribution < -0.4 is 5.32 Å². The molecule has 0 amide bonds. The summed E-state index contributed by atoms with van der Waals surface area (Å²) in [4.78, 5) is 1.99. The summed E-state index contributed by atoms with van der Waals surface area (Å²) in [7, 11) is 1.56. The van der Waals surface area contributed by atoms with Crippen LogP contribution in [0.3, 0.4) is 0 Å². The van der Waals surface area contributed by atoms with Gasteiger partial charge in [-0.3, -0.25) is 4.90 Å². The van der Waals surface area contributed by atoms with E-state index >= 15 is 0 Å². The smallest absolute Gasteiger partial charge is 0.155 e. The van der Waals surface area contributed by atoms with Crippen molar-refractivity contribution in [2.45, 2.75) is 24.7 Å². The monoisotopic (exact) mass is 369 g/mol. The highest BCUT2D eigenvalue weighted by Crippen LogP contribution is 2.35. The number of hydrogen-bond acceptors (Lipinski definition) is 5. The molecular formula is C21H24FN3O2. The fraction of sp³-hybridized carbons (Fsp3) is 0.381. The highest BCUT2D eigenvalue weighted by molar-refractivity contribution is 5.38. The van der Waals surface area contributed by atoms with E-state index in [2.05, 4.69) is 18.3 Å². The van der Waals surface area contributed by atoms with Crippen LogP contribution in [0.25, 0.3) is 0 Å². The van der Waals surface area contributed by atoms with Crippen LogP contribution in [0.5, 0.6) is 0 Å². The van der Waals surface area contributed by atoms with Crippen LogP contribution in [0.4, 0.5) is 4.39 Å². The van der Waals surface area contributed by atoms with Gasteiger partial charge in [-0.25, -0.2) is 4.39 Å². The van der Waals surface area contributed by atoms with Gasteiger partial charge < -0.3 is 15.2 Å². The Balaban J connectivity index is 2.09. The van der Waals surface area contributed by atoms with Crippen molar-refractivity contribution in [1.82, 2.24) is 10.2 Å². The van der Waals surface area contributed by atoms with Crippen molar-refractivity contribution in [3.8, 4) is 6.07 Å². The third-order valence-electron chi connectivity index (χ3n) is 4.97. The molecule has 2 aromatic rings. The summed E-state index contributed by atoms with van der Waals surface area (Å²) in [6.45, 7) is 3.14. The summed E-state index contributed by atoms with van der Waals surface area (Å²) in [5.74, 6) is -0.307. The van der Waals surface area contributed by atoms with Crippen molar-refractivity contribution in [2.75, 3.05) is 26.8 Å². The molecule has 2 aromatic carbocycles. The summed E-state index contributed by atoms with van der Waals surface area (Å²) < 4.78 is 18.8. The number of hydrogen-bond donors (Lipinski definition) is 2. The van der Waals surface area contributed by atoms with Gasteiger partial charge in [0.2, 0.25) is 0 Å². The van der Waals surface area contributed by atoms with Crippen LogP contribution in [0.15, 0.2) is 48.5 Å². The molecule has 0 aliphatic carbocycles. The fourth-order valence-electron chi connectivity index (χ4n) is 3.62.